The van der Waals surface area contributed by atoms with E-state index >= 15 is 0 Å². The maximum Gasteiger partial charge on any atom is 0.178 e. The number of methoxy groups -OCH3 is 1. The van der Waals surface area contributed by atoms with Crippen molar-refractivity contribution < 1.29 is 14.4 Å². The molecule has 2 aromatic carbocycles. The van der Waals surface area contributed by atoms with Crippen molar-refractivity contribution in [2.75, 3.05) is 7.11 Å². The molecule has 118 valence electrons. The molecule has 0 saturated heterocycles. The summed E-state index contributed by atoms with van der Waals surface area (Å²) in [7, 11) is 1.59. The van der Waals surface area contributed by atoms with Gasteiger partial charge in [-0.25, -0.2) is 0 Å². The second kappa shape index (κ2) is 6.46. The van der Waals surface area contributed by atoms with Crippen molar-refractivity contribution in [3.05, 3.63) is 52.6 Å². The highest BCUT2D eigenvalue weighted by Gasteiger charge is 2.18. The summed E-state index contributed by atoms with van der Waals surface area (Å²) in [6, 6.07) is 11.4. The number of phenolic OH excluding ortho intramolecular Hbond substituents is 1. The standard InChI is InChI=1S/C18H16BrNO3/c1-3-11-8-14(16(21)9-17(11)22-2)18-15(10-20-23-18)12-4-6-13(19)7-5-12/h4-10,21H,3H2,1-2H3. The van der Waals surface area contributed by atoms with E-state index in [1.165, 1.54) is 0 Å². The minimum Gasteiger partial charge on any atom is -0.507 e. The first-order valence-electron chi connectivity index (χ1n) is 7.25. The minimum absolute atomic E-state index is 0.106. The Morgan fingerprint density at radius 2 is 1.91 bits per heavy atom. The fraction of sp³-hybridized carbons (Fsp3) is 0.167. The molecule has 1 heterocycles. The molecular weight excluding hydrogens is 358 g/mol. The predicted octanol–water partition coefficient (Wildman–Crippen LogP) is 5.05. The SMILES string of the molecule is CCc1cc(-c2oncc2-c2ccc(Br)cc2)c(O)cc1OC. The summed E-state index contributed by atoms with van der Waals surface area (Å²) in [6.07, 6.45) is 2.45. The van der Waals surface area contributed by atoms with Gasteiger partial charge in [0.15, 0.2) is 5.76 Å². The number of ether oxygens (including phenoxy) is 1. The molecule has 4 nitrogen and oxygen atoms in total. The number of nitrogens with zero attached hydrogens (tertiary/aromatic N) is 1. The van der Waals surface area contributed by atoms with Crippen LogP contribution in [0.5, 0.6) is 11.5 Å². The number of aryl methyl sites for hydroxylation is 1. The molecule has 0 saturated carbocycles. The summed E-state index contributed by atoms with van der Waals surface area (Å²) in [5, 5.41) is 14.3. The molecule has 5 heteroatoms. The van der Waals surface area contributed by atoms with E-state index in [0.717, 1.165) is 27.6 Å². The van der Waals surface area contributed by atoms with Gasteiger partial charge in [0.25, 0.3) is 0 Å². The Bertz CT molecular complexity index is 825. The fourth-order valence-electron chi connectivity index (χ4n) is 2.53. The quantitative estimate of drug-likeness (QED) is 0.695. The van der Waals surface area contributed by atoms with Gasteiger partial charge in [0.05, 0.1) is 18.9 Å². The maximum absolute atomic E-state index is 10.4. The van der Waals surface area contributed by atoms with Crippen LogP contribution in [-0.2, 0) is 6.42 Å². The van der Waals surface area contributed by atoms with Crippen LogP contribution in [0.15, 0.2) is 51.6 Å². The molecule has 0 aliphatic heterocycles. The first-order valence-corrected chi connectivity index (χ1v) is 8.04. The van der Waals surface area contributed by atoms with Crippen molar-refractivity contribution >= 4 is 15.9 Å². The molecule has 3 aromatic rings. The number of rotatable bonds is 4. The Labute approximate surface area is 142 Å². The van der Waals surface area contributed by atoms with E-state index < -0.39 is 0 Å². The number of aromatic nitrogens is 1. The molecule has 0 radical (unpaired) electrons. The average Bonchev–Trinajstić information content (AvgIpc) is 3.04. The zero-order valence-corrected chi connectivity index (χ0v) is 14.4. The van der Waals surface area contributed by atoms with Crippen molar-refractivity contribution in [3.63, 3.8) is 0 Å². The van der Waals surface area contributed by atoms with Gasteiger partial charge in [0.2, 0.25) is 0 Å². The first kappa shape index (κ1) is 15.6. The van der Waals surface area contributed by atoms with E-state index in [4.69, 9.17) is 9.26 Å². The average molecular weight is 374 g/mol. The van der Waals surface area contributed by atoms with Crippen molar-refractivity contribution in [2.24, 2.45) is 0 Å². The normalized spacial score (nSPS) is 10.7. The Morgan fingerprint density at radius 1 is 1.17 bits per heavy atom. The fourth-order valence-corrected chi connectivity index (χ4v) is 2.80. The molecule has 0 spiro atoms. The minimum atomic E-state index is 0.106. The second-order valence-electron chi connectivity index (χ2n) is 5.11. The van der Waals surface area contributed by atoms with Gasteiger partial charge in [-0.2, -0.15) is 0 Å². The van der Waals surface area contributed by atoms with Crippen LogP contribution in [0, 0.1) is 0 Å². The molecule has 1 N–H and O–H groups in total. The first-order chi connectivity index (χ1) is 11.1. The van der Waals surface area contributed by atoms with Crippen molar-refractivity contribution in [1.29, 1.82) is 0 Å². The van der Waals surface area contributed by atoms with Crippen LogP contribution in [0.25, 0.3) is 22.5 Å². The molecule has 1 aromatic heterocycles. The zero-order valence-electron chi connectivity index (χ0n) is 12.8. The highest BCUT2D eigenvalue weighted by molar-refractivity contribution is 9.10. The molecule has 0 atom stereocenters. The number of hydrogen-bond acceptors (Lipinski definition) is 4. The van der Waals surface area contributed by atoms with Crippen LogP contribution in [0.4, 0.5) is 0 Å². The van der Waals surface area contributed by atoms with Crippen LogP contribution in [0.2, 0.25) is 0 Å². The van der Waals surface area contributed by atoms with Crippen molar-refractivity contribution in [3.8, 4) is 33.9 Å². The second-order valence-corrected chi connectivity index (χ2v) is 6.03. The predicted molar refractivity (Wildman–Crippen MR) is 92.7 cm³/mol. The van der Waals surface area contributed by atoms with Gasteiger partial charge in [-0.1, -0.05) is 40.1 Å². The number of benzene rings is 2. The molecule has 0 amide bonds. The molecule has 0 aliphatic rings. The molecule has 0 fully saturated rings. The lowest BCUT2D eigenvalue weighted by molar-refractivity contribution is 0.401. The van der Waals surface area contributed by atoms with Crippen LogP contribution < -0.4 is 4.74 Å². The third kappa shape index (κ3) is 2.97. The molecule has 3 rings (SSSR count). The Balaban J connectivity index is 2.13. The van der Waals surface area contributed by atoms with E-state index in [1.54, 1.807) is 19.4 Å². The number of phenols is 1. The van der Waals surface area contributed by atoms with Gasteiger partial charge in [-0.3, -0.25) is 0 Å². The van der Waals surface area contributed by atoms with E-state index in [0.29, 0.717) is 17.1 Å². The molecule has 23 heavy (non-hydrogen) atoms. The lowest BCUT2D eigenvalue weighted by Crippen LogP contribution is -1.92. The van der Waals surface area contributed by atoms with E-state index in [9.17, 15) is 5.11 Å². The highest BCUT2D eigenvalue weighted by Crippen LogP contribution is 2.40. The van der Waals surface area contributed by atoms with Crippen LogP contribution in [0.3, 0.4) is 0 Å². The largest absolute Gasteiger partial charge is 0.507 e. The van der Waals surface area contributed by atoms with Crippen LogP contribution in [0.1, 0.15) is 12.5 Å². The topological polar surface area (TPSA) is 55.5 Å². The summed E-state index contributed by atoms with van der Waals surface area (Å²) in [6.45, 7) is 2.04. The summed E-state index contributed by atoms with van der Waals surface area (Å²) < 4.78 is 11.7. The summed E-state index contributed by atoms with van der Waals surface area (Å²) in [4.78, 5) is 0. The molecule has 0 aliphatic carbocycles. The number of aromatic hydroxyl groups is 1. The maximum atomic E-state index is 10.4. The van der Waals surface area contributed by atoms with E-state index in [-0.39, 0.29) is 5.75 Å². The summed E-state index contributed by atoms with van der Waals surface area (Å²) in [5.41, 5.74) is 3.41. The molecule has 0 bridgehead atoms. The molecule has 0 unspecified atom stereocenters. The van der Waals surface area contributed by atoms with Gasteiger partial charge < -0.3 is 14.4 Å². The monoisotopic (exact) mass is 373 g/mol. The van der Waals surface area contributed by atoms with Gasteiger partial charge in [-0.15, -0.1) is 0 Å². The van der Waals surface area contributed by atoms with Crippen molar-refractivity contribution in [1.82, 2.24) is 5.16 Å². The van der Waals surface area contributed by atoms with E-state index in [2.05, 4.69) is 21.1 Å². The summed E-state index contributed by atoms with van der Waals surface area (Å²) >= 11 is 3.43. The van der Waals surface area contributed by atoms with Gasteiger partial charge in [-0.05, 0) is 35.7 Å². The molecular formula is C18H16BrNO3. The van der Waals surface area contributed by atoms with Crippen molar-refractivity contribution in [2.45, 2.75) is 13.3 Å². The number of hydrogen-bond donors (Lipinski definition) is 1. The van der Waals surface area contributed by atoms with Crippen LogP contribution >= 0.6 is 15.9 Å². The van der Waals surface area contributed by atoms with Gasteiger partial charge in [0.1, 0.15) is 11.5 Å². The Hall–Kier alpha value is -2.27. The van der Waals surface area contributed by atoms with Gasteiger partial charge in [0, 0.05) is 16.1 Å². The smallest absolute Gasteiger partial charge is 0.178 e. The zero-order chi connectivity index (χ0) is 16.4. The van der Waals surface area contributed by atoms with E-state index in [1.807, 2.05) is 37.3 Å². The lowest BCUT2D eigenvalue weighted by atomic mass is 9.99. The Kier molecular flexibility index (Phi) is 4.39. The summed E-state index contributed by atoms with van der Waals surface area (Å²) in [5.74, 6) is 1.31. The third-order valence-corrected chi connectivity index (χ3v) is 4.28. The van der Waals surface area contributed by atoms with Crippen LogP contribution in [-0.4, -0.2) is 17.4 Å². The Morgan fingerprint density at radius 3 is 2.57 bits per heavy atom. The number of halogens is 1. The highest BCUT2D eigenvalue weighted by atomic mass is 79.9. The third-order valence-electron chi connectivity index (χ3n) is 3.75. The van der Waals surface area contributed by atoms with Gasteiger partial charge >= 0.3 is 0 Å². The lowest BCUT2D eigenvalue weighted by Gasteiger charge is -2.11.